The molecule has 0 spiro atoms. The maximum Gasteiger partial charge on any atom is 0.191 e. The number of nitrogens with one attached hydrogen (secondary N) is 2. The predicted octanol–water partition coefficient (Wildman–Crippen LogP) is 2.55. The van der Waals surface area contributed by atoms with Gasteiger partial charge in [-0.1, -0.05) is 44.2 Å². The number of piperazine rings is 1. The maximum absolute atomic E-state index is 4.99. The van der Waals surface area contributed by atoms with Gasteiger partial charge in [0.1, 0.15) is 0 Å². The lowest BCUT2D eigenvalue weighted by molar-refractivity contribution is 0.116. The number of hydrogen-bond donors (Lipinski definition) is 2. The third-order valence-corrected chi connectivity index (χ3v) is 6.11. The first kappa shape index (κ1) is 21.7. The first-order valence-corrected chi connectivity index (χ1v) is 10.5. The molecule has 1 aliphatic rings. The zero-order valence-corrected chi connectivity index (χ0v) is 18.0. The molecule has 1 saturated heterocycles. The van der Waals surface area contributed by atoms with Crippen LogP contribution < -0.4 is 10.6 Å². The van der Waals surface area contributed by atoms with Crippen molar-refractivity contribution < 1.29 is 0 Å². The quantitative estimate of drug-likeness (QED) is 0.543. The Morgan fingerprint density at radius 3 is 2.41 bits per heavy atom. The molecular weight excluding hydrogens is 334 g/mol. The molecule has 2 N–H and O–H groups in total. The molecule has 2 rings (SSSR count). The van der Waals surface area contributed by atoms with Crippen molar-refractivity contribution in [3.63, 3.8) is 0 Å². The first-order valence-electron chi connectivity index (χ1n) is 10.5. The van der Waals surface area contributed by atoms with Gasteiger partial charge in [-0.3, -0.25) is 9.89 Å². The summed E-state index contributed by atoms with van der Waals surface area (Å²) in [4.78, 5) is 9.85. The predicted molar refractivity (Wildman–Crippen MR) is 117 cm³/mol. The summed E-state index contributed by atoms with van der Waals surface area (Å²) in [6, 6.07) is 11.4. The van der Waals surface area contributed by atoms with E-state index >= 15 is 0 Å². The molecule has 0 aromatic heterocycles. The van der Waals surface area contributed by atoms with Crippen molar-refractivity contribution in [2.75, 3.05) is 53.4 Å². The minimum Gasteiger partial charge on any atom is -0.357 e. The van der Waals surface area contributed by atoms with Crippen LogP contribution in [0.25, 0.3) is 0 Å². The van der Waals surface area contributed by atoms with Crippen molar-refractivity contribution in [2.24, 2.45) is 4.99 Å². The van der Waals surface area contributed by atoms with Gasteiger partial charge < -0.3 is 15.5 Å². The van der Waals surface area contributed by atoms with Gasteiger partial charge in [0.15, 0.2) is 5.96 Å². The van der Waals surface area contributed by atoms with E-state index in [9.17, 15) is 0 Å². The minimum absolute atomic E-state index is 0.103. The summed E-state index contributed by atoms with van der Waals surface area (Å²) in [7, 11) is 4.42. The molecule has 5 nitrogen and oxygen atoms in total. The standard InChI is InChI=1S/C22H39N5/c1-6-22(7-2,19-12-10-9-11-13-19)18-25-21(23-8-3)24-16-20-17-26(4)14-15-27(20)5/h9-13,20H,6-8,14-18H2,1-5H3,(H2,23,24,25). The van der Waals surface area contributed by atoms with Crippen molar-refractivity contribution in [3.8, 4) is 0 Å². The van der Waals surface area contributed by atoms with Gasteiger partial charge in [0.05, 0.1) is 6.54 Å². The Morgan fingerprint density at radius 2 is 1.78 bits per heavy atom. The molecular formula is C22H39N5. The van der Waals surface area contributed by atoms with Gasteiger partial charge >= 0.3 is 0 Å². The molecule has 0 bridgehead atoms. The van der Waals surface area contributed by atoms with Crippen molar-refractivity contribution in [1.29, 1.82) is 0 Å². The van der Waals surface area contributed by atoms with E-state index in [1.807, 2.05) is 0 Å². The third kappa shape index (κ3) is 5.94. The van der Waals surface area contributed by atoms with E-state index in [1.54, 1.807) is 0 Å². The van der Waals surface area contributed by atoms with E-state index < -0.39 is 0 Å². The average molecular weight is 374 g/mol. The molecule has 1 aliphatic heterocycles. The Balaban J connectivity index is 2.06. The Hall–Kier alpha value is -1.59. The second kappa shape index (κ2) is 10.7. The van der Waals surface area contributed by atoms with Crippen LogP contribution >= 0.6 is 0 Å². The van der Waals surface area contributed by atoms with Crippen LogP contribution in [0, 0.1) is 0 Å². The molecule has 0 saturated carbocycles. The Labute approximate surface area is 166 Å². The second-order valence-corrected chi connectivity index (χ2v) is 7.83. The third-order valence-electron chi connectivity index (χ3n) is 6.11. The van der Waals surface area contributed by atoms with E-state index in [4.69, 9.17) is 4.99 Å². The highest BCUT2D eigenvalue weighted by Crippen LogP contribution is 2.31. The number of aliphatic imine (C=N–C) groups is 1. The second-order valence-electron chi connectivity index (χ2n) is 7.83. The van der Waals surface area contributed by atoms with Crippen LogP contribution in [-0.4, -0.2) is 75.2 Å². The molecule has 27 heavy (non-hydrogen) atoms. The summed E-state index contributed by atoms with van der Waals surface area (Å²) < 4.78 is 0. The molecule has 152 valence electrons. The van der Waals surface area contributed by atoms with Crippen LogP contribution in [0.4, 0.5) is 0 Å². The van der Waals surface area contributed by atoms with Gasteiger partial charge in [0, 0.05) is 44.2 Å². The molecule has 1 unspecified atom stereocenters. The highest BCUT2D eigenvalue weighted by Gasteiger charge is 2.28. The van der Waals surface area contributed by atoms with Crippen molar-refractivity contribution in [1.82, 2.24) is 20.4 Å². The van der Waals surface area contributed by atoms with E-state index in [0.717, 1.165) is 58.1 Å². The molecule has 0 amide bonds. The van der Waals surface area contributed by atoms with Crippen LogP contribution in [0.15, 0.2) is 35.3 Å². The van der Waals surface area contributed by atoms with E-state index in [0.29, 0.717) is 6.04 Å². The topological polar surface area (TPSA) is 42.9 Å². The molecule has 1 aromatic rings. The summed E-state index contributed by atoms with van der Waals surface area (Å²) in [5.41, 5.74) is 1.49. The average Bonchev–Trinajstić information content (AvgIpc) is 2.70. The molecule has 0 aliphatic carbocycles. The van der Waals surface area contributed by atoms with Crippen molar-refractivity contribution in [3.05, 3.63) is 35.9 Å². The van der Waals surface area contributed by atoms with E-state index in [1.165, 1.54) is 5.56 Å². The minimum atomic E-state index is 0.103. The molecule has 1 aromatic carbocycles. The van der Waals surface area contributed by atoms with Gasteiger partial charge in [0.2, 0.25) is 0 Å². The molecule has 0 radical (unpaired) electrons. The number of guanidine groups is 1. The van der Waals surface area contributed by atoms with E-state index in [-0.39, 0.29) is 5.41 Å². The summed E-state index contributed by atoms with van der Waals surface area (Å²) >= 11 is 0. The first-order chi connectivity index (χ1) is 13.0. The summed E-state index contributed by atoms with van der Waals surface area (Å²) in [5, 5.41) is 7.01. The van der Waals surface area contributed by atoms with Crippen LogP contribution in [-0.2, 0) is 5.41 Å². The number of hydrogen-bond acceptors (Lipinski definition) is 3. The lowest BCUT2D eigenvalue weighted by atomic mass is 9.76. The van der Waals surface area contributed by atoms with Gasteiger partial charge in [-0.25, -0.2) is 0 Å². The maximum atomic E-state index is 4.99. The lowest BCUT2D eigenvalue weighted by Gasteiger charge is -2.38. The van der Waals surface area contributed by atoms with Crippen LogP contribution in [0.3, 0.4) is 0 Å². The largest absolute Gasteiger partial charge is 0.357 e. The Morgan fingerprint density at radius 1 is 1.07 bits per heavy atom. The van der Waals surface area contributed by atoms with Crippen molar-refractivity contribution >= 4 is 5.96 Å². The fourth-order valence-electron chi connectivity index (χ4n) is 3.87. The van der Waals surface area contributed by atoms with Crippen LogP contribution in [0.2, 0.25) is 0 Å². The molecule has 1 heterocycles. The summed E-state index contributed by atoms with van der Waals surface area (Å²) in [5.74, 6) is 0.932. The van der Waals surface area contributed by atoms with Crippen molar-refractivity contribution in [2.45, 2.75) is 45.1 Å². The number of likely N-dealkylation sites (N-methyl/N-ethyl adjacent to an activating group) is 2. The highest BCUT2D eigenvalue weighted by atomic mass is 15.3. The fraction of sp³-hybridized carbons (Fsp3) is 0.682. The fourth-order valence-corrected chi connectivity index (χ4v) is 3.87. The lowest BCUT2D eigenvalue weighted by Crippen LogP contribution is -2.55. The summed E-state index contributed by atoms with van der Waals surface area (Å²) in [6.45, 7) is 12.7. The monoisotopic (exact) mass is 373 g/mol. The summed E-state index contributed by atoms with van der Waals surface area (Å²) in [6.07, 6.45) is 2.18. The van der Waals surface area contributed by atoms with Gasteiger partial charge in [-0.15, -0.1) is 0 Å². The van der Waals surface area contributed by atoms with E-state index in [2.05, 4.69) is 85.6 Å². The Kier molecular flexibility index (Phi) is 8.58. The number of nitrogens with zero attached hydrogens (tertiary/aromatic N) is 3. The zero-order valence-electron chi connectivity index (χ0n) is 18.0. The zero-order chi connectivity index (χ0) is 19.7. The van der Waals surface area contributed by atoms with Crippen LogP contribution in [0.1, 0.15) is 39.2 Å². The normalized spacial score (nSPS) is 19.9. The van der Waals surface area contributed by atoms with Gasteiger partial charge in [-0.2, -0.15) is 0 Å². The SMILES string of the molecule is CCNC(=NCC(CC)(CC)c1ccccc1)NCC1CN(C)CCN1C. The van der Waals surface area contributed by atoms with Gasteiger partial charge in [0.25, 0.3) is 0 Å². The smallest absolute Gasteiger partial charge is 0.191 e. The molecule has 5 heteroatoms. The molecule has 1 fully saturated rings. The Bertz CT molecular complexity index is 567. The molecule has 1 atom stereocenters. The van der Waals surface area contributed by atoms with Gasteiger partial charge in [-0.05, 0) is 39.4 Å². The number of benzene rings is 1. The van der Waals surface area contributed by atoms with Crippen LogP contribution in [0.5, 0.6) is 0 Å². The number of rotatable bonds is 8. The highest BCUT2D eigenvalue weighted by molar-refractivity contribution is 5.79.